The fourth-order valence-electron chi connectivity index (χ4n) is 3.27. The Morgan fingerprint density at radius 3 is 2.52 bits per heavy atom. The molecule has 1 saturated carbocycles. The lowest BCUT2D eigenvalue weighted by Crippen LogP contribution is -2.49. The van der Waals surface area contributed by atoms with Crippen molar-refractivity contribution >= 4 is 5.91 Å². The van der Waals surface area contributed by atoms with Crippen LogP contribution in [0.4, 0.5) is 0 Å². The summed E-state index contributed by atoms with van der Waals surface area (Å²) in [5, 5.41) is 3.52. The molecule has 2 fully saturated rings. The maximum atomic E-state index is 13.1. The molecule has 1 atom stereocenters. The maximum absolute atomic E-state index is 13.1. The van der Waals surface area contributed by atoms with Gasteiger partial charge in [0.05, 0.1) is 5.41 Å². The van der Waals surface area contributed by atoms with Crippen LogP contribution in [0.2, 0.25) is 0 Å². The van der Waals surface area contributed by atoms with E-state index in [9.17, 15) is 4.79 Å². The molecule has 1 amide bonds. The molecule has 1 unspecified atom stereocenters. The highest BCUT2D eigenvalue weighted by Gasteiger charge is 2.41. The average molecular weight is 286 g/mol. The van der Waals surface area contributed by atoms with Crippen LogP contribution in [0, 0.1) is 0 Å². The van der Waals surface area contributed by atoms with Crippen LogP contribution in [-0.4, -0.2) is 36.0 Å². The number of nitrogens with zero attached hydrogens (tertiary/aromatic N) is 1. The summed E-state index contributed by atoms with van der Waals surface area (Å²) in [7, 11) is 0. The smallest absolute Gasteiger partial charge is 0.232 e. The molecule has 1 saturated heterocycles. The van der Waals surface area contributed by atoms with E-state index in [0.29, 0.717) is 12.1 Å². The van der Waals surface area contributed by atoms with Gasteiger partial charge in [0, 0.05) is 18.6 Å². The summed E-state index contributed by atoms with van der Waals surface area (Å²) in [5.41, 5.74) is 0.669. The number of carbonyl (C=O) groups is 1. The first-order valence-electron chi connectivity index (χ1n) is 8.19. The number of rotatable bonds is 5. The largest absolute Gasteiger partial charge is 0.337 e. The van der Waals surface area contributed by atoms with E-state index in [-0.39, 0.29) is 5.91 Å². The molecule has 1 N–H and O–H groups in total. The Kier molecular flexibility index (Phi) is 4.03. The highest BCUT2D eigenvalue weighted by atomic mass is 16.2. The molecule has 1 heterocycles. The van der Waals surface area contributed by atoms with Crippen LogP contribution < -0.4 is 5.32 Å². The molecule has 1 aliphatic heterocycles. The minimum absolute atomic E-state index is 0.282. The lowest BCUT2D eigenvalue weighted by Gasteiger charge is -2.34. The molecule has 1 aliphatic carbocycles. The zero-order valence-electron chi connectivity index (χ0n) is 13.1. The van der Waals surface area contributed by atoms with Crippen LogP contribution in [0.25, 0.3) is 0 Å². The minimum atomic E-state index is -0.442. The Bertz CT molecular complexity index is 487. The van der Waals surface area contributed by atoms with Gasteiger partial charge in [0.1, 0.15) is 0 Å². The fraction of sp³-hybridized carbons (Fsp3) is 0.611. The summed E-state index contributed by atoms with van der Waals surface area (Å²) in [6.45, 7) is 6.09. The summed E-state index contributed by atoms with van der Waals surface area (Å²) >= 11 is 0. The Labute approximate surface area is 127 Å². The summed E-state index contributed by atoms with van der Waals surface area (Å²) < 4.78 is 0. The molecule has 0 spiro atoms. The fourth-order valence-corrected chi connectivity index (χ4v) is 3.27. The molecule has 3 rings (SSSR count). The number of amides is 1. The molecule has 0 radical (unpaired) electrons. The van der Waals surface area contributed by atoms with Gasteiger partial charge in [0.15, 0.2) is 0 Å². The van der Waals surface area contributed by atoms with Gasteiger partial charge >= 0.3 is 0 Å². The van der Waals surface area contributed by atoms with Gasteiger partial charge in [-0.1, -0.05) is 30.3 Å². The monoisotopic (exact) mass is 286 g/mol. The Morgan fingerprint density at radius 2 is 1.95 bits per heavy atom. The third-order valence-electron chi connectivity index (χ3n) is 4.86. The van der Waals surface area contributed by atoms with Gasteiger partial charge in [-0.15, -0.1) is 0 Å². The number of nitrogens with one attached hydrogen (secondary N) is 1. The first kappa shape index (κ1) is 14.6. The summed E-state index contributed by atoms with van der Waals surface area (Å²) in [6.07, 6.45) is 4.77. The SMILES string of the molecule is CC(C)(C(=O)N(CC1CCCN1)C1CC1)c1ccccc1. The molecule has 0 aromatic heterocycles. The quantitative estimate of drug-likeness (QED) is 0.902. The van der Waals surface area contributed by atoms with Crippen LogP contribution in [0.15, 0.2) is 30.3 Å². The molecule has 21 heavy (non-hydrogen) atoms. The number of hydrogen-bond donors (Lipinski definition) is 1. The lowest BCUT2D eigenvalue weighted by atomic mass is 9.83. The highest BCUT2D eigenvalue weighted by molar-refractivity contribution is 5.88. The third-order valence-corrected chi connectivity index (χ3v) is 4.86. The van der Waals surface area contributed by atoms with Gasteiger partial charge in [-0.2, -0.15) is 0 Å². The van der Waals surface area contributed by atoms with E-state index < -0.39 is 5.41 Å². The Morgan fingerprint density at radius 1 is 1.24 bits per heavy atom. The molecule has 1 aromatic rings. The number of carbonyl (C=O) groups excluding carboxylic acids is 1. The van der Waals surface area contributed by atoms with Gasteiger partial charge in [-0.3, -0.25) is 4.79 Å². The first-order valence-corrected chi connectivity index (χ1v) is 8.19. The standard InChI is InChI=1S/C18H26N2O/c1-18(2,14-7-4-3-5-8-14)17(21)20(16-10-11-16)13-15-9-6-12-19-15/h3-5,7-8,15-16,19H,6,9-13H2,1-2H3. The maximum Gasteiger partial charge on any atom is 0.232 e. The van der Waals surface area contributed by atoms with Gasteiger partial charge in [0.25, 0.3) is 0 Å². The van der Waals surface area contributed by atoms with E-state index in [2.05, 4.69) is 36.2 Å². The van der Waals surface area contributed by atoms with E-state index in [0.717, 1.165) is 18.7 Å². The van der Waals surface area contributed by atoms with Crippen molar-refractivity contribution in [1.82, 2.24) is 10.2 Å². The Hall–Kier alpha value is -1.35. The molecule has 2 aliphatic rings. The van der Waals surface area contributed by atoms with Crippen LogP contribution in [0.3, 0.4) is 0 Å². The normalized spacial score (nSPS) is 22.3. The predicted octanol–water partition coefficient (Wildman–Crippen LogP) is 2.71. The van der Waals surface area contributed by atoms with Gasteiger partial charge < -0.3 is 10.2 Å². The second-order valence-electron chi connectivity index (χ2n) is 6.97. The molecular weight excluding hydrogens is 260 g/mol. The van der Waals surface area contributed by atoms with Crippen molar-refractivity contribution in [3.05, 3.63) is 35.9 Å². The van der Waals surface area contributed by atoms with Crippen LogP contribution in [0.5, 0.6) is 0 Å². The van der Waals surface area contributed by atoms with Crippen molar-refractivity contribution in [2.45, 2.75) is 57.0 Å². The molecule has 1 aromatic carbocycles. The molecule has 3 heteroatoms. The van der Waals surface area contributed by atoms with E-state index in [1.807, 2.05) is 18.2 Å². The minimum Gasteiger partial charge on any atom is -0.337 e. The summed E-state index contributed by atoms with van der Waals surface area (Å²) in [4.78, 5) is 15.3. The van der Waals surface area contributed by atoms with Crippen molar-refractivity contribution in [3.8, 4) is 0 Å². The summed E-state index contributed by atoms with van der Waals surface area (Å²) in [6, 6.07) is 11.1. The van der Waals surface area contributed by atoms with Crippen molar-refractivity contribution in [1.29, 1.82) is 0 Å². The average Bonchev–Trinajstić information content (AvgIpc) is 3.21. The van der Waals surface area contributed by atoms with Gasteiger partial charge in [-0.05, 0) is 51.6 Å². The summed E-state index contributed by atoms with van der Waals surface area (Å²) in [5.74, 6) is 0.282. The van der Waals surface area contributed by atoms with E-state index in [1.165, 1.54) is 25.7 Å². The van der Waals surface area contributed by atoms with Gasteiger partial charge in [-0.25, -0.2) is 0 Å². The highest BCUT2D eigenvalue weighted by Crippen LogP contribution is 2.33. The lowest BCUT2D eigenvalue weighted by molar-refractivity contribution is -0.137. The second kappa shape index (κ2) is 5.80. The second-order valence-corrected chi connectivity index (χ2v) is 6.97. The molecule has 114 valence electrons. The van der Waals surface area contributed by atoms with Crippen LogP contribution >= 0.6 is 0 Å². The molecular formula is C18H26N2O. The molecule has 3 nitrogen and oxygen atoms in total. The number of benzene rings is 1. The molecule has 0 bridgehead atoms. The Balaban J connectivity index is 1.76. The number of hydrogen-bond acceptors (Lipinski definition) is 2. The zero-order valence-corrected chi connectivity index (χ0v) is 13.1. The van der Waals surface area contributed by atoms with Crippen LogP contribution in [0.1, 0.15) is 45.1 Å². The zero-order chi connectivity index (χ0) is 14.9. The van der Waals surface area contributed by atoms with E-state index >= 15 is 0 Å². The third kappa shape index (κ3) is 3.13. The van der Waals surface area contributed by atoms with Crippen molar-refractivity contribution in [2.24, 2.45) is 0 Å². The van der Waals surface area contributed by atoms with Crippen molar-refractivity contribution < 1.29 is 4.79 Å². The van der Waals surface area contributed by atoms with Crippen LogP contribution in [-0.2, 0) is 10.2 Å². The van der Waals surface area contributed by atoms with Gasteiger partial charge in [0.2, 0.25) is 5.91 Å². The first-order chi connectivity index (χ1) is 10.1. The van der Waals surface area contributed by atoms with E-state index in [4.69, 9.17) is 0 Å². The topological polar surface area (TPSA) is 32.3 Å². The van der Waals surface area contributed by atoms with E-state index in [1.54, 1.807) is 0 Å². The van der Waals surface area contributed by atoms with Crippen molar-refractivity contribution in [2.75, 3.05) is 13.1 Å². The predicted molar refractivity (Wildman–Crippen MR) is 85.2 cm³/mol. The van der Waals surface area contributed by atoms with Crippen molar-refractivity contribution in [3.63, 3.8) is 0 Å².